The number of hydrogen-bond donors (Lipinski definition) is 1. The molecule has 0 aliphatic carbocycles. The summed E-state index contributed by atoms with van der Waals surface area (Å²) in [5, 5.41) is 4.27. The van der Waals surface area contributed by atoms with Crippen molar-refractivity contribution in [1.82, 2.24) is 9.78 Å². The Bertz CT molecular complexity index is 532. The summed E-state index contributed by atoms with van der Waals surface area (Å²) in [6.07, 6.45) is 4.45. The van der Waals surface area contributed by atoms with Gasteiger partial charge in [-0.25, -0.2) is 0 Å². The number of rotatable bonds is 5. The molecule has 0 bridgehead atoms. The van der Waals surface area contributed by atoms with Crippen molar-refractivity contribution in [2.24, 2.45) is 5.73 Å². The van der Waals surface area contributed by atoms with Gasteiger partial charge in [-0.3, -0.25) is 4.68 Å². The lowest BCUT2D eigenvalue weighted by molar-refractivity contribution is 0.469. The zero-order valence-electron chi connectivity index (χ0n) is 11.7. The van der Waals surface area contributed by atoms with Crippen molar-refractivity contribution in [2.45, 2.75) is 39.3 Å². The molecule has 1 unspecified atom stereocenters. The molecule has 1 aromatic carbocycles. The first-order valence-electron chi connectivity index (χ1n) is 6.61. The Labute approximate surface area is 114 Å². The second kappa shape index (κ2) is 5.89. The molecule has 0 spiro atoms. The standard InChI is InChI=1S/C15H21N3O/c1-11(2)18-10-14(9-17-18)19-15-7-5-4-6-13(15)8-12(3)16/h4-7,9-12H,8,16H2,1-3H3. The van der Waals surface area contributed by atoms with E-state index in [-0.39, 0.29) is 6.04 Å². The number of benzene rings is 1. The molecular weight excluding hydrogens is 238 g/mol. The highest BCUT2D eigenvalue weighted by molar-refractivity contribution is 5.37. The fourth-order valence-electron chi connectivity index (χ4n) is 1.90. The first-order valence-corrected chi connectivity index (χ1v) is 6.61. The third-order valence-electron chi connectivity index (χ3n) is 2.85. The van der Waals surface area contributed by atoms with E-state index in [4.69, 9.17) is 10.5 Å². The van der Waals surface area contributed by atoms with Crippen LogP contribution in [0.4, 0.5) is 0 Å². The lowest BCUT2D eigenvalue weighted by Gasteiger charge is -2.11. The van der Waals surface area contributed by atoms with E-state index in [1.54, 1.807) is 6.20 Å². The van der Waals surface area contributed by atoms with Crippen LogP contribution >= 0.6 is 0 Å². The lowest BCUT2D eigenvalue weighted by Crippen LogP contribution is -2.18. The van der Waals surface area contributed by atoms with Gasteiger partial charge in [0.1, 0.15) is 5.75 Å². The summed E-state index contributed by atoms with van der Waals surface area (Å²) in [6.45, 7) is 6.16. The van der Waals surface area contributed by atoms with Gasteiger partial charge < -0.3 is 10.5 Å². The molecule has 0 aliphatic heterocycles. The van der Waals surface area contributed by atoms with Crippen molar-refractivity contribution < 1.29 is 4.74 Å². The Hall–Kier alpha value is -1.81. The molecule has 1 heterocycles. The zero-order chi connectivity index (χ0) is 13.8. The highest BCUT2D eigenvalue weighted by Crippen LogP contribution is 2.26. The summed E-state index contributed by atoms with van der Waals surface area (Å²) < 4.78 is 7.78. The maximum atomic E-state index is 5.90. The predicted octanol–water partition coefficient (Wildman–Crippen LogP) is 3.15. The van der Waals surface area contributed by atoms with Gasteiger partial charge in [0.25, 0.3) is 0 Å². The summed E-state index contributed by atoms with van der Waals surface area (Å²) in [4.78, 5) is 0. The van der Waals surface area contributed by atoms with E-state index in [1.165, 1.54) is 0 Å². The molecule has 4 nitrogen and oxygen atoms in total. The molecule has 0 aliphatic rings. The van der Waals surface area contributed by atoms with Gasteiger partial charge in [-0.15, -0.1) is 0 Å². The van der Waals surface area contributed by atoms with Crippen LogP contribution in [0.5, 0.6) is 11.5 Å². The molecule has 0 saturated carbocycles. The molecule has 19 heavy (non-hydrogen) atoms. The highest BCUT2D eigenvalue weighted by atomic mass is 16.5. The van der Waals surface area contributed by atoms with Crippen LogP contribution in [0.3, 0.4) is 0 Å². The van der Waals surface area contributed by atoms with Gasteiger partial charge in [0.2, 0.25) is 0 Å². The van der Waals surface area contributed by atoms with Gasteiger partial charge in [0.15, 0.2) is 5.75 Å². The van der Waals surface area contributed by atoms with E-state index in [2.05, 4.69) is 18.9 Å². The SMILES string of the molecule is CC(N)Cc1ccccc1Oc1cnn(C(C)C)c1. The average molecular weight is 259 g/mol. The van der Waals surface area contributed by atoms with Crippen LogP contribution in [0.2, 0.25) is 0 Å². The maximum Gasteiger partial charge on any atom is 0.165 e. The molecule has 1 atom stereocenters. The fourth-order valence-corrected chi connectivity index (χ4v) is 1.90. The minimum atomic E-state index is 0.114. The fraction of sp³-hybridized carbons (Fsp3) is 0.400. The van der Waals surface area contributed by atoms with E-state index < -0.39 is 0 Å². The lowest BCUT2D eigenvalue weighted by atomic mass is 10.1. The number of aromatic nitrogens is 2. The highest BCUT2D eigenvalue weighted by Gasteiger charge is 2.08. The number of para-hydroxylation sites is 1. The van der Waals surface area contributed by atoms with Crippen LogP contribution in [-0.2, 0) is 6.42 Å². The van der Waals surface area contributed by atoms with Crippen molar-refractivity contribution in [2.75, 3.05) is 0 Å². The van der Waals surface area contributed by atoms with Crippen molar-refractivity contribution in [1.29, 1.82) is 0 Å². The summed E-state index contributed by atoms with van der Waals surface area (Å²) in [7, 11) is 0. The van der Waals surface area contributed by atoms with Crippen LogP contribution in [0.25, 0.3) is 0 Å². The van der Waals surface area contributed by atoms with Crippen LogP contribution in [0.15, 0.2) is 36.7 Å². The van der Waals surface area contributed by atoms with Crippen LogP contribution in [0, 0.1) is 0 Å². The Morgan fingerprint density at radius 1 is 1.26 bits per heavy atom. The topological polar surface area (TPSA) is 53.1 Å². The first-order chi connectivity index (χ1) is 9.06. The van der Waals surface area contributed by atoms with Crippen molar-refractivity contribution in [3.05, 3.63) is 42.2 Å². The number of hydrogen-bond acceptors (Lipinski definition) is 3. The van der Waals surface area contributed by atoms with Crippen LogP contribution in [-0.4, -0.2) is 15.8 Å². The summed E-state index contributed by atoms with van der Waals surface area (Å²) in [6, 6.07) is 8.42. The van der Waals surface area contributed by atoms with E-state index in [0.717, 1.165) is 23.5 Å². The molecule has 2 N–H and O–H groups in total. The predicted molar refractivity (Wildman–Crippen MR) is 76.5 cm³/mol. The molecule has 2 rings (SSSR count). The van der Waals surface area contributed by atoms with Gasteiger partial charge in [0, 0.05) is 12.1 Å². The van der Waals surface area contributed by atoms with E-state index in [1.807, 2.05) is 42.1 Å². The summed E-state index contributed by atoms with van der Waals surface area (Å²) in [5.74, 6) is 1.61. The monoisotopic (exact) mass is 259 g/mol. The first kappa shape index (κ1) is 13.6. The molecule has 0 radical (unpaired) electrons. The van der Waals surface area contributed by atoms with Crippen LogP contribution < -0.4 is 10.5 Å². The Morgan fingerprint density at radius 3 is 2.63 bits per heavy atom. The van der Waals surface area contributed by atoms with Gasteiger partial charge in [-0.2, -0.15) is 5.10 Å². The second-order valence-electron chi connectivity index (χ2n) is 5.14. The van der Waals surface area contributed by atoms with Gasteiger partial charge in [0.05, 0.1) is 12.4 Å². The number of nitrogens with two attached hydrogens (primary N) is 1. The zero-order valence-corrected chi connectivity index (χ0v) is 11.7. The number of nitrogens with zero attached hydrogens (tertiary/aromatic N) is 2. The van der Waals surface area contributed by atoms with Crippen molar-refractivity contribution in [3.63, 3.8) is 0 Å². The van der Waals surface area contributed by atoms with Gasteiger partial charge in [-0.1, -0.05) is 18.2 Å². The quantitative estimate of drug-likeness (QED) is 0.897. The third kappa shape index (κ3) is 3.58. The molecule has 102 valence electrons. The molecule has 0 fully saturated rings. The second-order valence-corrected chi connectivity index (χ2v) is 5.14. The molecular formula is C15H21N3O. The van der Waals surface area contributed by atoms with E-state index in [0.29, 0.717) is 6.04 Å². The smallest absolute Gasteiger partial charge is 0.165 e. The Balaban J connectivity index is 2.17. The minimum Gasteiger partial charge on any atom is -0.454 e. The van der Waals surface area contributed by atoms with Crippen molar-refractivity contribution >= 4 is 0 Å². The number of ether oxygens (including phenoxy) is 1. The van der Waals surface area contributed by atoms with E-state index in [9.17, 15) is 0 Å². The third-order valence-corrected chi connectivity index (χ3v) is 2.85. The molecule has 0 amide bonds. The van der Waals surface area contributed by atoms with Gasteiger partial charge >= 0.3 is 0 Å². The summed E-state index contributed by atoms with van der Waals surface area (Å²) >= 11 is 0. The molecule has 0 saturated heterocycles. The Morgan fingerprint density at radius 2 is 2.00 bits per heavy atom. The normalized spacial score (nSPS) is 12.7. The molecule has 1 aromatic heterocycles. The van der Waals surface area contributed by atoms with E-state index >= 15 is 0 Å². The average Bonchev–Trinajstić information content (AvgIpc) is 2.80. The van der Waals surface area contributed by atoms with Gasteiger partial charge in [-0.05, 0) is 38.8 Å². The summed E-state index contributed by atoms with van der Waals surface area (Å²) in [5.41, 5.74) is 6.98. The molecule has 4 heteroatoms. The van der Waals surface area contributed by atoms with Crippen molar-refractivity contribution in [3.8, 4) is 11.5 Å². The minimum absolute atomic E-state index is 0.114. The van der Waals surface area contributed by atoms with Crippen LogP contribution in [0.1, 0.15) is 32.4 Å². The maximum absolute atomic E-state index is 5.90. The largest absolute Gasteiger partial charge is 0.454 e. The Kier molecular flexibility index (Phi) is 4.22. The molecule has 2 aromatic rings.